The second-order valence-corrected chi connectivity index (χ2v) is 8.80. The molecule has 1 aliphatic heterocycles. The van der Waals surface area contributed by atoms with Gasteiger partial charge in [-0.25, -0.2) is 19.1 Å². The summed E-state index contributed by atoms with van der Waals surface area (Å²) in [6, 6.07) is 1.79. The predicted octanol–water partition coefficient (Wildman–Crippen LogP) is 1.31. The summed E-state index contributed by atoms with van der Waals surface area (Å²) in [4.78, 5) is 23.0. The van der Waals surface area contributed by atoms with Gasteiger partial charge >= 0.3 is 10.2 Å². The van der Waals surface area contributed by atoms with Gasteiger partial charge in [0, 0.05) is 13.1 Å². The van der Waals surface area contributed by atoms with Gasteiger partial charge in [-0.1, -0.05) is 24.6 Å². The molecule has 0 bridgehead atoms. The van der Waals surface area contributed by atoms with Crippen molar-refractivity contribution in [2.45, 2.75) is 19.9 Å². The van der Waals surface area contributed by atoms with Crippen LogP contribution < -0.4 is 10.5 Å². The second-order valence-electron chi connectivity index (χ2n) is 6.75. The van der Waals surface area contributed by atoms with E-state index in [2.05, 4.69) is 15.0 Å². The lowest BCUT2D eigenvalue weighted by atomic mass is 9.95. The smallest absolute Gasteiger partial charge is 0.304 e. The molecule has 2 atom stereocenters. The number of amides is 1. The summed E-state index contributed by atoms with van der Waals surface area (Å²) < 4.78 is 41.0. The van der Waals surface area contributed by atoms with Crippen LogP contribution in [0.4, 0.5) is 4.39 Å². The fourth-order valence-corrected chi connectivity index (χ4v) is 4.37. The number of carbonyl (C=O) groups is 1. The quantitative estimate of drug-likeness (QED) is 0.639. The summed E-state index contributed by atoms with van der Waals surface area (Å²) in [7, 11) is -4.02. The normalized spacial score (nSPS) is 18.9. The number of nitrogens with two attached hydrogens (primary N) is 1. The van der Waals surface area contributed by atoms with Crippen molar-refractivity contribution in [3.05, 3.63) is 41.1 Å². The number of aromatic amines is 1. The zero-order valence-electron chi connectivity index (χ0n) is 15.7. The highest BCUT2D eigenvalue weighted by molar-refractivity contribution is 7.87. The first-order chi connectivity index (χ1) is 13.6. The molecular formula is C17H20ClFN6O3S. The Balaban J connectivity index is 1.83. The van der Waals surface area contributed by atoms with E-state index in [9.17, 15) is 17.6 Å². The summed E-state index contributed by atoms with van der Waals surface area (Å²) in [6.07, 6.45) is 2.76. The molecule has 0 saturated carbocycles. The molecule has 2 aromatic rings. The van der Waals surface area contributed by atoms with Crippen LogP contribution in [0.25, 0.3) is 17.1 Å². The third-order valence-electron chi connectivity index (χ3n) is 4.41. The van der Waals surface area contributed by atoms with Crippen LogP contribution in [0.15, 0.2) is 24.4 Å². The van der Waals surface area contributed by atoms with E-state index in [-0.39, 0.29) is 24.2 Å². The minimum absolute atomic E-state index is 0.0363. The lowest BCUT2D eigenvalue weighted by molar-refractivity contribution is -0.120. The van der Waals surface area contributed by atoms with Crippen molar-refractivity contribution in [2.24, 2.45) is 11.7 Å². The minimum atomic E-state index is -4.02. The van der Waals surface area contributed by atoms with Gasteiger partial charge in [0.25, 0.3) is 5.91 Å². The number of hydrogen-bond acceptors (Lipinski definition) is 6. The molecule has 0 radical (unpaired) electrons. The van der Waals surface area contributed by atoms with Crippen molar-refractivity contribution in [3.63, 3.8) is 0 Å². The van der Waals surface area contributed by atoms with E-state index in [0.29, 0.717) is 17.2 Å². The molecule has 29 heavy (non-hydrogen) atoms. The summed E-state index contributed by atoms with van der Waals surface area (Å²) in [5.74, 6) is -1.12. The van der Waals surface area contributed by atoms with Crippen LogP contribution in [-0.2, 0) is 15.0 Å². The molecule has 0 aliphatic carbocycles. The number of halogens is 2. The molecule has 1 amide bonds. The molecule has 2 aromatic heterocycles. The van der Waals surface area contributed by atoms with Crippen molar-refractivity contribution < 1.29 is 17.6 Å². The molecule has 0 unspecified atom stereocenters. The average Bonchev–Trinajstić information content (AvgIpc) is 3.03. The van der Waals surface area contributed by atoms with Gasteiger partial charge in [0.1, 0.15) is 22.4 Å². The maximum Gasteiger partial charge on any atom is 0.304 e. The van der Waals surface area contributed by atoms with E-state index < -0.39 is 28.0 Å². The summed E-state index contributed by atoms with van der Waals surface area (Å²) >= 11 is 6.29. The molecule has 3 rings (SSSR count). The average molecular weight is 443 g/mol. The Labute approximate surface area is 172 Å². The first-order valence-electron chi connectivity index (χ1n) is 8.73. The number of H-pyrrole nitrogens is 1. The molecule has 0 fully saturated rings. The van der Waals surface area contributed by atoms with Crippen LogP contribution in [0.2, 0.25) is 5.15 Å². The van der Waals surface area contributed by atoms with Crippen LogP contribution in [0, 0.1) is 11.7 Å². The number of rotatable bonds is 5. The van der Waals surface area contributed by atoms with Gasteiger partial charge in [0.15, 0.2) is 5.82 Å². The summed E-state index contributed by atoms with van der Waals surface area (Å²) in [6.45, 7) is 3.38. The number of pyridine rings is 1. The topological polar surface area (TPSA) is 134 Å². The highest BCUT2D eigenvalue weighted by Gasteiger charge is 2.32. The standard InChI is InChI=1S/C17H20ClFN6O3S/c1-9-8-25(29(27,28)24-17(26)10(2)20)6-5-12(9)14-15(18)23-16(22-14)13-4-3-11(19)7-21-13/h3-5,7,9-10H,6,8,20H2,1-2H3,(H,22,23)(H,24,26)/t9-,10-/m0/s1. The van der Waals surface area contributed by atoms with Gasteiger partial charge in [0.2, 0.25) is 0 Å². The maximum atomic E-state index is 13.1. The van der Waals surface area contributed by atoms with Gasteiger partial charge in [-0.2, -0.15) is 12.7 Å². The fourth-order valence-electron chi connectivity index (χ4n) is 2.87. The van der Waals surface area contributed by atoms with Crippen LogP contribution in [0.1, 0.15) is 19.5 Å². The molecule has 9 nitrogen and oxygen atoms in total. The summed E-state index contributed by atoms with van der Waals surface area (Å²) in [5, 5.41) is 0.269. The van der Waals surface area contributed by atoms with Gasteiger partial charge in [-0.3, -0.25) is 4.79 Å². The van der Waals surface area contributed by atoms with Crippen molar-refractivity contribution >= 4 is 33.3 Å². The highest BCUT2D eigenvalue weighted by Crippen LogP contribution is 2.33. The fraction of sp³-hybridized carbons (Fsp3) is 0.353. The number of aromatic nitrogens is 3. The molecule has 3 heterocycles. The third-order valence-corrected chi connectivity index (χ3v) is 6.12. The van der Waals surface area contributed by atoms with Crippen LogP contribution in [0.3, 0.4) is 0 Å². The summed E-state index contributed by atoms with van der Waals surface area (Å²) in [5.41, 5.74) is 7.06. The molecule has 1 aliphatic rings. The zero-order chi connectivity index (χ0) is 21.3. The predicted molar refractivity (Wildman–Crippen MR) is 106 cm³/mol. The Bertz CT molecular complexity index is 1050. The van der Waals surface area contributed by atoms with E-state index in [1.165, 1.54) is 19.1 Å². The lowest BCUT2D eigenvalue weighted by Crippen LogP contribution is -2.50. The third kappa shape index (κ3) is 4.64. The van der Waals surface area contributed by atoms with Crippen molar-refractivity contribution in [1.82, 2.24) is 24.0 Å². The van der Waals surface area contributed by atoms with Crippen LogP contribution in [0.5, 0.6) is 0 Å². The minimum Gasteiger partial charge on any atom is -0.327 e. The van der Waals surface area contributed by atoms with Crippen molar-refractivity contribution in [1.29, 1.82) is 0 Å². The van der Waals surface area contributed by atoms with Gasteiger partial charge in [-0.15, -0.1) is 0 Å². The lowest BCUT2D eigenvalue weighted by Gasteiger charge is -2.30. The van der Waals surface area contributed by atoms with E-state index in [0.717, 1.165) is 16.1 Å². The highest BCUT2D eigenvalue weighted by atomic mass is 35.5. The number of hydrogen-bond donors (Lipinski definition) is 3. The monoisotopic (exact) mass is 442 g/mol. The van der Waals surface area contributed by atoms with E-state index in [1.54, 1.807) is 6.08 Å². The van der Waals surface area contributed by atoms with Crippen molar-refractivity contribution in [2.75, 3.05) is 13.1 Å². The Morgan fingerprint density at radius 1 is 1.48 bits per heavy atom. The van der Waals surface area contributed by atoms with Crippen LogP contribution in [-0.4, -0.2) is 52.7 Å². The number of nitrogens with one attached hydrogen (secondary N) is 2. The Morgan fingerprint density at radius 3 is 2.79 bits per heavy atom. The zero-order valence-corrected chi connectivity index (χ0v) is 17.3. The second kappa shape index (κ2) is 8.19. The molecular weight excluding hydrogens is 423 g/mol. The first-order valence-corrected chi connectivity index (χ1v) is 10.6. The number of carbonyl (C=O) groups excluding carboxylic acids is 1. The van der Waals surface area contributed by atoms with Gasteiger partial charge in [0.05, 0.1) is 12.2 Å². The first kappa shape index (κ1) is 21.4. The Morgan fingerprint density at radius 2 is 2.21 bits per heavy atom. The molecule has 156 valence electrons. The van der Waals surface area contributed by atoms with Gasteiger partial charge < -0.3 is 10.7 Å². The Hall–Kier alpha value is -2.34. The molecule has 0 saturated heterocycles. The number of imidazole rings is 1. The molecule has 0 aromatic carbocycles. The van der Waals surface area contributed by atoms with E-state index in [4.69, 9.17) is 17.3 Å². The molecule has 4 N–H and O–H groups in total. The molecule has 12 heteroatoms. The molecule has 0 spiro atoms. The number of nitrogens with zero attached hydrogens (tertiary/aromatic N) is 3. The van der Waals surface area contributed by atoms with Crippen molar-refractivity contribution in [3.8, 4) is 11.5 Å². The SMILES string of the molecule is C[C@H](N)C(=O)NS(=O)(=O)N1CC=C(c2nc(-c3ccc(F)cn3)[nH]c2Cl)[C@@H](C)C1. The van der Waals surface area contributed by atoms with Gasteiger partial charge in [-0.05, 0) is 30.5 Å². The van der Waals surface area contributed by atoms with E-state index in [1.807, 2.05) is 11.6 Å². The van der Waals surface area contributed by atoms with Crippen LogP contribution >= 0.6 is 11.6 Å². The largest absolute Gasteiger partial charge is 0.327 e. The Kier molecular flexibility index (Phi) is 6.03. The van der Waals surface area contributed by atoms with E-state index >= 15 is 0 Å². The maximum absolute atomic E-state index is 13.1.